The molecular weight excluding hydrogens is 229 g/mol. The Morgan fingerprint density at radius 1 is 1.44 bits per heavy atom. The largest absolute Gasteiger partial charge is 0.493 e. The molecule has 1 unspecified atom stereocenters. The quantitative estimate of drug-likeness (QED) is 0.798. The van der Waals surface area contributed by atoms with Gasteiger partial charge in [-0.25, -0.2) is 4.39 Å². The van der Waals surface area contributed by atoms with Crippen molar-refractivity contribution < 1.29 is 9.13 Å². The van der Waals surface area contributed by atoms with Crippen LogP contribution in [0.1, 0.15) is 44.7 Å². The molecule has 100 valence electrons. The van der Waals surface area contributed by atoms with E-state index in [4.69, 9.17) is 4.74 Å². The van der Waals surface area contributed by atoms with Gasteiger partial charge in [-0.05, 0) is 44.0 Å². The van der Waals surface area contributed by atoms with Crippen molar-refractivity contribution in [3.05, 3.63) is 29.6 Å². The Labute approximate surface area is 109 Å². The highest BCUT2D eigenvalue weighted by atomic mass is 19.1. The zero-order valence-electron chi connectivity index (χ0n) is 11.2. The van der Waals surface area contributed by atoms with E-state index >= 15 is 0 Å². The van der Waals surface area contributed by atoms with E-state index in [2.05, 4.69) is 5.32 Å². The first-order valence-corrected chi connectivity index (χ1v) is 6.86. The third kappa shape index (κ3) is 3.70. The smallest absolute Gasteiger partial charge is 0.124 e. The average molecular weight is 251 g/mol. The van der Waals surface area contributed by atoms with Crippen LogP contribution in [0, 0.1) is 11.7 Å². The van der Waals surface area contributed by atoms with Crippen molar-refractivity contribution in [3.63, 3.8) is 0 Å². The summed E-state index contributed by atoms with van der Waals surface area (Å²) in [6.45, 7) is 5.68. The van der Waals surface area contributed by atoms with Gasteiger partial charge >= 0.3 is 0 Å². The van der Waals surface area contributed by atoms with Crippen molar-refractivity contribution in [1.82, 2.24) is 5.32 Å². The number of halogens is 1. The molecule has 1 atom stereocenters. The van der Waals surface area contributed by atoms with E-state index < -0.39 is 0 Å². The topological polar surface area (TPSA) is 21.3 Å². The lowest BCUT2D eigenvalue weighted by molar-refractivity contribution is 0.296. The molecule has 1 N–H and O–H groups in total. The summed E-state index contributed by atoms with van der Waals surface area (Å²) in [6.07, 6.45) is 3.80. The van der Waals surface area contributed by atoms with Crippen LogP contribution in [0.15, 0.2) is 18.2 Å². The predicted molar refractivity (Wildman–Crippen MR) is 71.3 cm³/mol. The molecule has 1 aromatic rings. The lowest BCUT2D eigenvalue weighted by atomic mass is 10.1. The summed E-state index contributed by atoms with van der Waals surface area (Å²) >= 11 is 0. The van der Waals surface area contributed by atoms with Crippen molar-refractivity contribution in [2.45, 2.75) is 39.2 Å². The van der Waals surface area contributed by atoms with Crippen LogP contribution < -0.4 is 10.1 Å². The van der Waals surface area contributed by atoms with Gasteiger partial charge in [-0.15, -0.1) is 0 Å². The van der Waals surface area contributed by atoms with Crippen LogP contribution in [0.3, 0.4) is 0 Å². The van der Waals surface area contributed by atoms with Gasteiger partial charge in [0.1, 0.15) is 11.6 Å². The molecule has 1 fully saturated rings. The van der Waals surface area contributed by atoms with Gasteiger partial charge in [-0.1, -0.05) is 19.8 Å². The Morgan fingerprint density at radius 3 is 2.89 bits per heavy atom. The Bertz CT molecular complexity index is 390. The van der Waals surface area contributed by atoms with Gasteiger partial charge in [0.05, 0.1) is 6.61 Å². The Hall–Kier alpha value is -1.09. The van der Waals surface area contributed by atoms with E-state index in [1.165, 1.54) is 18.9 Å². The number of hydrogen-bond acceptors (Lipinski definition) is 2. The minimum atomic E-state index is -0.204. The highest BCUT2D eigenvalue weighted by Crippen LogP contribution is 2.33. The van der Waals surface area contributed by atoms with Gasteiger partial charge in [-0.3, -0.25) is 0 Å². The van der Waals surface area contributed by atoms with Crippen LogP contribution in [0.5, 0.6) is 5.75 Å². The molecular formula is C15H22FNO. The maximum Gasteiger partial charge on any atom is 0.124 e. The molecule has 3 heteroatoms. The van der Waals surface area contributed by atoms with Crippen molar-refractivity contribution in [3.8, 4) is 5.75 Å². The fourth-order valence-electron chi connectivity index (χ4n) is 2.15. The number of ether oxygens (including phenoxy) is 1. The fraction of sp³-hybridized carbons (Fsp3) is 0.600. The van der Waals surface area contributed by atoms with Gasteiger partial charge in [-0.2, -0.15) is 0 Å². The lowest BCUT2D eigenvalue weighted by Crippen LogP contribution is -2.19. The SMILES string of the molecule is CCNC(C)c1cc(F)ccc1OCCC1CC1. The maximum absolute atomic E-state index is 13.3. The molecule has 0 spiro atoms. The summed E-state index contributed by atoms with van der Waals surface area (Å²) < 4.78 is 19.1. The van der Waals surface area contributed by atoms with Crippen LogP contribution >= 0.6 is 0 Å². The summed E-state index contributed by atoms with van der Waals surface area (Å²) in [4.78, 5) is 0. The molecule has 1 saturated carbocycles. The first-order chi connectivity index (χ1) is 8.70. The Kier molecular flexibility index (Phi) is 4.59. The molecule has 0 saturated heterocycles. The molecule has 0 amide bonds. The minimum Gasteiger partial charge on any atom is -0.493 e. The molecule has 18 heavy (non-hydrogen) atoms. The van der Waals surface area contributed by atoms with Crippen LogP contribution in [0.4, 0.5) is 4.39 Å². The highest BCUT2D eigenvalue weighted by Gasteiger charge is 2.21. The second-order valence-corrected chi connectivity index (χ2v) is 5.04. The van der Waals surface area contributed by atoms with Crippen LogP contribution in [-0.2, 0) is 0 Å². The average Bonchev–Trinajstić information content (AvgIpc) is 3.15. The molecule has 0 bridgehead atoms. The van der Waals surface area contributed by atoms with E-state index in [9.17, 15) is 4.39 Å². The zero-order chi connectivity index (χ0) is 13.0. The van der Waals surface area contributed by atoms with Crippen molar-refractivity contribution in [1.29, 1.82) is 0 Å². The summed E-state index contributed by atoms with van der Waals surface area (Å²) in [5.41, 5.74) is 0.910. The monoisotopic (exact) mass is 251 g/mol. The van der Waals surface area contributed by atoms with E-state index in [-0.39, 0.29) is 11.9 Å². The number of nitrogens with one attached hydrogen (secondary N) is 1. The fourth-order valence-corrected chi connectivity index (χ4v) is 2.15. The number of hydrogen-bond donors (Lipinski definition) is 1. The van der Waals surface area contributed by atoms with Crippen molar-refractivity contribution in [2.75, 3.05) is 13.2 Å². The molecule has 0 aromatic heterocycles. The van der Waals surface area contributed by atoms with Gasteiger partial charge in [0.25, 0.3) is 0 Å². The highest BCUT2D eigenvalue weighted by molar-refractivity contribution is 5.36. The van der Waals surface area contributed by atoms with Crippen LogP contribution in [-0.4, -0.2) is 13.2 Å². The second kappa shape index (κ2) is 6.19. The van der Waals surface area contributed by atoms with Gasteiger partial charge in [0, 0.05) is 11.6 Å². The predicted octanol–water partition coefficient (Wildman–Crippen LogP) is 3.68. The van der Waals surface area contributed by atoms with Crippen LogP contribution in [0.25, 0.3) is 0 Å². The normalized spacial score (nSPS) is 16.6. The molecule has 1 aliphatic carbocycles. The third-order valence-corrected chi connectivity index (χ3v) is 3.43. The molecule has 2 nitrogen and oxygen atoms in total. The molecule has 0 aliphatic heterocycles. The van der Waals surface area contributed by atoms with Gasteiger partial charge in [0.15, 0.2) is 0 Å². The zero-order valence-corrected chi connectivity index (χ0v) is 11.2. The van der Waals surface area contributed by atoms with Crippen LogP contribution in [0.2, 0.25) is 0 Å². The number of rotatable bonds is 7. The van der Waals surface area contributed by atoms with Gasteiger partial charge < -0.3 is 10.1 Å². The summed E-state index contributed by atoms with van der Waals surface area (Å²) in [6, 6.07) is 4.89. The van der Waals surface area contributed by atoms with Crippen molar-refractivity contribution >= 4 is 0 Å². The van der Waals surface area contributed by atoms with Crippen molar-refractivity contribution in [2.24, 2.45) is 5.92 Å². The van der Waals surface area contributed by atoms with Gasteiger partial charge in [0.2, 0.25) is 0 Å². The Balaban J connectivity index is 2.01. The van der Waals surface area contributed by atoms with E-state index in [0.717, 1.165) is 36.8 Å². The second-order valence-electron chi connectivity index (χ2n) is 5.04. The van der Waals surface area contributed by atoms with E-state index in [0.29, 0.717) is 0 Å². The Morgan fingerprint density at radius 2 is 2.22 bits per heavy atom. The van der Waals surface area contributed by atoms with E-state index in [1.54, 1.807) is 12.1 Å². The maximum atomic E-state index is 13.3. The van der Waals surface area contributed by atoms with E-state index in [1.807, 2.05) is 13.8 Å². The molecule has 2 rings (SSSR count). The standard InChI is InChI=1S/C15H22FNO/c1-3-17-11(2)14-10-13(16)6-7-15(14)18-9-8-12-4-5-12/h6-7,10-12,17H,3-5,8-9H2,1-2H3. The number of benzene rings is 1. The lowest BCUT2D eigenvalue weighted by Gasteiger charge is -2.17. The first-order valence-electron chi connectivity index (χ1n) is 6.86. The molecule has 0 heterocycles. The third-order valence-electron chi connectivity index (χ3n) is 3.43. The molecule has 1 aliphatic rings. The summed E-state index contributed by atoms with van der Waals surface area (Å²) in [5, 5.41) is 3.29. The first kappa shape index (κ1) is 13.3. The summed E-state index contributed by atoms with van der Waals surface area (Å²) in [5.74, 6) is 1.47. The summed E-state index contributed by atoms with van der Waals surface area (Å²) in [7, 11) is 0. The molecule has 0 radical (unpaired) electrons. The molecule has 1 aromatic carbocycles. The minimum absolute atomic E-state index is 0.113.